The van der Waals surface area contributed by atoms with E-state index in [0.29, 0.717) is 10.7 Å². The van der Waals surface area contributed by atoms with Gasteiger partial charge >= 0.3 is 0 Å². The molecule has 0 radical (unpaired) electrons. The van der Waals surface area contributed by atoms with E-state index in [4.69, 9.17) is 18.0 Å². The van der Waals surface area contributed by atoms with Crippen LogP contribution in [0.25, 0.3) is 0 Å². The second-order valence-corrected chi connectivity index (χ2v) is 3.72. The number of nitrogens with one attached hydrogen (secondary N) is 1. The highest BCUT2D eigenvalue weighted by Gasteiger charge is 1.99. The minimum atomic E-state index is 0.303. The third kappa shape index (κ3) is 2.55. The lowest BCUT2D eigenvalue weighted by Gasteiger charge is -2.06. The van der Waals surface area contributed by atoms with Crippen LogP contribution in [0.1, 0.15) is 5.69 Å². The summed E-state index contributed by atoms with van der Waals surface area (Å²) in [7, 11) is 0. The summed E-state index contributed by atoms with van der Waals surface area (Å²) in [6, 6.07) is 13.6. The average Bonchev–Trinajstić information content (AvgIpc) is 2.30. The Balaban J connectivity index is 2.22. The number of nitrogens with two attached hydrogens (primary N) is 1. The third-order valence-corrected chi connectivity index (χ3v) is 2.28. The normalized spacial score (nSPS) is 9.75. The molecule has 1 aromatic heterocycles. The summed E-state index contributed by atoms with van der Waals surface area (Å²) >= 11 is 4.87. The van der Waals surface area contributed by atoms with Gasteiger partial charge in [0.1, 0.15) is 4.99 Å². The number of pyridine rings is 1. The first-order valence-electron chi connectivity index (χ1n) is 4.83. The summed E-state index contributed by atoms with van der Waals surface area (Å²) in [6.07, 6.45) is 1.68. The Hall–Kier alpha value is -1.94. The van der Waals surface area contributed by atoms with Gasteiger partial charge in [-0.3, -0.25) is 4.98 Å². The van der Waals surface area contributed by atoms with Gasteiger partial charge < -0.3 is 11.1 Å². The number of thiocarbonyl (C=S) groups is 1. The lowest BCUT2D eigenvalue weighted by molar-refractivity contribution is 1.29. The number of aromatic nitrogens is 1. The van der Waals surface area contributed by atoms with Crippen LogP contribution in [0, 0.1) is 0 Å². The zero-order valence-electron chi connectivity index (χ0n) is 8.55. The predicted octanol–water partition coefficient (Wildman–Crippen LogP) is 2.46. The Kier molecular flexibility index (Phi) is 3.12. The van der Waals surface area contributed by atoms with Crippen molar-refractivity contribution in [3.63, 3.8) is 0 Å². The van der Waals surface area contributed by atoms with Gasteiger partial charge in [-0.05, 0) is 24.3 Å². The van der Waals surface area contributed by atoms with Gasteiger partial charge in [0, 0.05) is 17.6 Å². The molecule has 80 valence electrons. The molecule has 1 aromatic carbocycles. The Bertz CT molecular complexity index is 497. The van der Waals surface area contributed by atoms with Crippen molar-refractivity contribution in [1.82, 2.24) is 4.98 Å². The van der Waals surface area contributed by atoms with Gasteiger partial charge in [-0.15, -0.1) is 0 Å². The standard InChI is InChI=1S/C12H11N3S/c13-12(16)11-8-10(6-7-14-11)15-9-4-2-1-3-5-9/h1-8H,(H2,13,16)(H,14,15). The first-order chi connectivity index (χ1) is 7.75. The van der Waals surface area contributed by atoms with Crippen LogP contribution in [-0.2, 0) is 0 Å². The highest BCUT2D eigenvalue weighted by molar-refractivity contribution is 7.80. The minimum absolute atomic E-state index is 0.303. The van der Waals surface area contributed by atoms with E-state index in [1.54, 1.807) is 6.20 Å². The largest absolute Gasteiger partial charge is 0.388 e. The Labute approximate surface area is 99.3 Å². The smallest absolute Gasteiger partial charge is 0.122 e. The second-order valence-electron chi connectivity index (χ2n) is 3.29. The molecule has 0 aliphatic carbocycles. The number of anilines is 2. The molecule has 1 heterocycles. The van der Waals surface area contributed by atoms with Crippen molar-refractivity contribution in [2.45, 2.75) is 0 Å². The van der Waals surface area contributed by atoms with Crippen LogP contribution < -0.4 is 11.1 Å². The van der Waals surface area contributed by atoms with Gasteiger partial charge in [0.2, 0.25) is 0 Å². The number of benzene rings is 1. The maximum Gasteiger partial charge on any atom is 0.122 e. The van der Waals surface area contributed by atoms with Gasteiger partial charge in [0.15, 0.2) is 0 Å². The molecule has 0 aliphatic heterocycles. The molecular formula is C12H11N3S. The molecule has 0 unspecified atom stereocenters. The molecule has 0 bridgehead atoms. The van der Waals surface area contributed by atoms with Crippen molar-refractivity contribution in [3.8, 4) is 0 Å². The maximum absolute atomic E-state index is 5.52. The van der Waals surface area contributed by atoms with E-state index in [1.165, 1.54) is 0 Å². The molecule has 0 amide bonds. The highest BCUT2D eigenvalue weighted by Crippen LogP contribution is 2.15. The summed E-state index contributed by atoms with van der Waals surface area (Å²) in [4.78, 5) is 4.38. The van der Waals surface area contributed by atoms with Crippen molar-refractivity contribution >= 4 is 28.6 Å². The van der Waals surface area contributed by atoms with Crippen LogP contribution >= 0.6 is 12.2 Å². The van der Waals surface area contributed by atoms with E-state index < -0.39 is 0 Å². The average molecular weight is 229 g/mol. The molecule has 2 aromatic rings. The lowest BCUT2D eigenvalue weighted by Crippen LogP contribution is -2.11. The number of hydrogen-bond donors (Lipinski definition) is 2. The van der Waals surface area contributed by atoms with E-state index >= 15 is 0 Å². The fraction of sp³-hybridized carbons (Fsp3) is 0. The Morgan fingerprint density at radius 1 is 1.12 bits per heavy atom. The number of nitrogens with zero attached hydrogens (tertiary/aromatic N) is 1. The van der Waals surface area contributed by atoms with E-state index in [-0.39, 0.29) is 0 Å². The topological polar surface area (TPSA) is 50.9 Å². The van der Waals surface area contributed by atoms with Gasteiger partial charge in [-0.25, -0.2) is 0 Å². The van der Waals surface area contributed by atoms with Crippen molar-refractivity contribution in [1.29, 1.82) is 0 Å². The molecule has 0 saturated heterocycles. The molecule has 0 fully saturated rings. The predicted molar refractivity (Wildman–Crippen MR) is 69.8 cm³/mol. The number of rotatable bonds is 3. The maximum atomic E-state index is 5.52. The minimum Gasteiger partial charge on any atom is -0.388 e. The molecule has 0 saturated carbocycles. The van der Waals surface area contributed by atoms with Crippen molar-refractivity contribution in [2.75, 3.05) is 5.32 Å². The molecule has 0 spiro atoms. The zero-order valence-corrected chi connectivity index (χ0v) is 9.37. The number of para-hydroxylation sites is 1. The van der Waals surface area contributed by atoms with E-state index in [2.05, 4.69) is 10.3 Å². The van der Waals surface area contributed by atoms with Crippen LogP contribution in [0.5, 0.6) is 0 Å². The van der Waals surface area contributed by atoms with Gasteiger partial charge in [0.05, 0.1) is 5.69 Å². The molecule has 4 heteroatoms. The quantitative estimate of drug-likeness (QED) is 0.794. The summed E-state index contributed by atoms with van der Waals surface area (Å²) in [5.74, 6) is 0. The summed E-state index contributed by atoms with van der Waals surface area (Å²) in [5, 5.41) is 3.24. The third-order valence-electron chi connectivity index (χ3n) is 2.07. The molecule has 2 rings (SSSR count). The van der Waals surface area contributed by atoms with Gasteiger partial charge in [-0.1, -0.05) is 30.4 Å². The fourth-order valence-electron chi connectivity index (χ4n) is 1.33. The molecule has 0 aliphatic rings. The zero-order chi connectivity index (χ0) is 11.4. The van der Waals surface area contributed by atoms with Crippen molar-refractivity contribution in [3.05, 3.63) is 54.4 Å². The summed E-state index contributed by atoms with van der Waals surface area (Å²) in [5.41, 5.74) is 8.08. The van der Waals surface area contributed by atoms with E-state index in [9.17, 15) is 0 Å². The summed E-state index contributed by atoms with van der Waals surface area (Å²) in [6.45, 7) is 0. The molecule has 0 atom stereocenters. The second kappa shape index (κ2) is 4.72. The van der Waals surface area contributed by atoms with Crippen LogP contribution in [-0.4, -0.2) is 9.97 Å². The first-order valence-corrected chi connectivity index (χ1v) is 5.24. The SMILES string of the molecule is NC(=S)c1cc(Nc2ccccc2)ccn1. The van der Waals surface area contributed by atoms with Gasteiger partial charge in [0.25, 0.3) is 0 Å². The van der Waals surface area contributed by atoms with Gasteiger partial charge in [-0.2, -0.15) is 0 Å². The van der Waals surface area contributed by atoms with Crippen LogP contribution in [0.3, 0.4) is 0 Å². The summed E-state index contributed by atoms with van der Waals surface area (Å²) < 4.78 is 0. The molecule has 3 N–H and O–H groups in total. The molecule has 3 nitrogen and oxygen atoms in total. The van der Waals surface area contributed by atoms with Crippen LogP contribution in [0.4, 0.5) is 11.4 Å². The lowest BCUT2D eigenvalue weighted by atomic mass is 10.2. The van der Waals surface area contributed by atoms with Crippen LogP contribution in [0.2, 0.25) is 0 Å². The monoisotopic (exact) mass is 229 g/mol. The van der Waals surface area contributed by atoms with Crippen LogP contribution in [0.15, 0.2) is 48.7 Å². The van der Waals surface area contributed by atoms with E-state index in [1.807, 2.05) is 42.5 Å². The molecular weight excluding hydrogens is 218 g/mol. The highest BCUT2D eigenvalue weighted by atomic mass is 32.1. The Morgan fingerprint density at radius 2 is 1.88 bits per heavy atom. The number of hydrogen-bond acceptors (Lipinski definition) is 3. The molecule has 16 heavy (non-hydrogen) atoms. The van der Waals surface area contributed by atoms with Crippen molar-refractivity contribution in [2.24, 2.45) is 5.73 Å². The Morgan fingerprint density at radius 3 is 2.56 bits per heavy atom. The fourth-order valence-corrected chi connectivity index (χ4v) is 1.44. The first kappa shape index (κ1) is 10.6. The van der Waals surface area contributed by atoms with E-state index in [0.717, 1.165) is 11.4 Å². The van der Waals surface area contributed by atoms with Crippen molar-refractivity contribution < 1.29 is 0 Å².